The Morgan fingerprint density at radius 2 is 1.81 bits per heavy atom. The first-order valence-corrected chi connectivity index (χ1v) is 11.4. The minimum absolute atomic E-state index is 0.295. The smallest absolute Gasteiger partial charge is 0.166 e. The zero-order chi connectivity index (χ0) is 22.1. The van der Waals surface area contributed by atoms with Crippen LogP contribution in [0.15, 0.2) is 29.3 Å². The SMILES string of the molecule is C=NCc1ccccc1-c1nc2c(N3CCN(C)CC3)nc(C)nc2n1C1CCOCC1. The van der Waals surface area contributed by atoms with Gasteiger partial charge in [-0.3, -0.25) is 4.99 Å². The van der Waals surface area contributed by atoms with Gasteiger partial charge in [0.15, 0.2) is 17.0 Å². The van der Waals surface area contributed by atoms with E-state index < -0.39 is 0 Å². The minimum atomic E-state index is 0.295. The maximum atomic E-state index is 5.67. The van der Waals surface area contributed by atoms with Crippen molar-refractivity contribution in [1.29, 1.82) is 0 Å². The molecule has 0 unspecified atom stereocenters. The number of ether oxygens (including phenoxy) is 1. The molecule has 0 spiro atoms. The molecule has 0 aliphatic carbocycles. The highest BCUT2D eigenvalue weighted by Gasteiger charge is 2.28. The third kappa shape index (κ3) is 3.89. The van der Waals surface area contributed by atoms with Crippen molar-refractivity contribution in [3.8, 4) is 11.4 Å². The molecule has 3 aromatic rings. The van der Waals surface area contributed by atoms with Crippen LogP contribution >= 0.6 is 0 Å². The van der Waals surface area contributed by atoms with Crippen LogP contribution in [-0.4, -0.2) is 77.6 Å². The van der Waals surface area contributed by atoms with Crippen LogP contribution < -0.4 is 4.90 Å². The van der Waals surface area contributed by atoms with Crippen molar-refractivity contribution in [3.63, 3.8) is 0 Å². The molecule has 8 heteroatoms. The summed E-state index contributed by atoms with van der Waals surface area (Å²) in [7, 11) is 2.17. The third-order valence-corrected chi connectivity index (χ3v) is 6.53. The van der Waals surface area contributed by atoms with Gasteiger partial charge >= 0.3 is 0 Å². The fourth-order valence-electron chi connectivity index (χ4n) is 4.78. The van der Waals surface area contributed by atoms with Crippen LogP contribution in [-0.2, 0) is 11.3 Å². The number of imidazole rings is 1. The van der Waals surface area contributed by atoms with Crippen LogP contribution in [0.5, 0.6) is 0 Å². The molecule has 0 atom stereocenters. The molecule has 5 rings (SSSR count). The van der Waals surface area contributed by atoms with Gasteiger partial charge in [-0.1, -0.05) is 24.3 Å². The van der Waals surface area contributed by atoms with Gasteiger partial charge in [-0.05, 0) is 39.1 Å². The van der Waals surface area contributed by atoms with Crippen molar-refractivity contribution in [3.05, 3.63) is 35.7 Å². The number of benzene rings is 1. The maximum Gasteiger partial charge on any atom is 0.166 e. The Bertz CT molecular complexity index is 1110. The van der Waals surface area contributed by atoms with Gasteiger partial charge in [0, 0.05) is 51.0 Å². The van der Waals surface area contributed by atoms with Crippen molar-refractivity contribution < 1.29 is 4.74 Å². The highest BCUT2D eigenvalue weighted by atomic mass is 16.5. The first kappa shape index (κ1) is 21.0. The van der Waals surface area contributed by atoms with Crippen molar-refractivity contribution in [2.24, 2.45) is 4.99 Å². The lowest BCUT2D eigenvalue weighted by atomic mass is 10.0. The standard InChI is InChI=1S/C24H31N7O/c1-17-26-23(30-12-10-29(3)11-13-30)21-24(27-17)31(19-8-14-32-15-9-19)22(28-21)20-7-5-4-6-18(20)16-25-2/h4-7,19H,2,8-16H2,1,3H3. The van der Waals surface area contributed by atoms with E-state index in [0.29, 0.717) is 12.6 Å². The lowest BCUT2D eigenvalue weighted by Crippen LogP contribution is -2.45. The molecule has 2 saturated heterocycles. The molecular formula is C24H31N7O. The second-order valence-corrected chi connectivity index (χ2v) is 8.74. The van der Waals surface area contributed by atoms with Gasteiger partial charge in [0.05, 0.1) is 6.54 Å². The van der Waals surface area contributed by atoms with Crippen LogP contribution in [0.2, 0.25) is 0 Å². The number of fused-ring (bicyclic) bond motifs is 1. The van der Waals surface area contributed by atoms with Crippen molar-refractivity contribution >= 4 is 23.7 Å². The average Bonchev–Trinajstić information content (AvgIpc) is 3.19. The molecule has 0 N–H and O–H groups in total. The highest BCUT2D eigenvalue weighted by Crippen LogP contribution is 2.36. The maximum absolute atomic E-state index is 5.67. The van der Waals surface area contributed by atoms with E-state index in [0.717, 1.165) is 92.0 Å². The largest absolute Gasteiger partial charge is 0.381 e. The summed E-state index contributed by atoms with van der Waals surface area (Å²) >= 11 is 0. The lowest BCUT2D eigenvalue weighted by molar-refractivity contribution is 0.0708. The van der Waals surface area contributed by atoms with E-state index >= 15 is 0 Å². The third-order valence-electron chi connectivity index (χ3n) is 6.53. The Hall–Kier alpha value is -2.84. The highest BCUT2D eigenvalue weighted by molar-refractivity contribution is 5.88. The molecule has 2 aliphatic rings. The first-order valence-electron chi connectivity index (χ1n) is 11.4. The molecule has 2 fully saturated rings. The van der Waals surface area contributed by atoms with Gasteiger partial charge in [-0.2, -0.15) is 0 Å². The molecule has 4 heterocycles. The molecule has 32 heavy (non-hydrogen) atoms. The monoisotopic (exact) mass is 433 g/mol. The van der Waals surface area contributed by atoms with Gasteiger partial charge in [0.2, 0.25) is 0 Å². The Kier molecular flexibility index (Phi) is 5.89. The molecule has 2 aliphatic heterocycles. The van der Waals surface area contributed by atoms with E-state index in [9.17, 15) is 0 Å². The summed E-state index contributed by atoms with van der Waals surface area (Å²) in [6.07, 6.45) is 1.90. The number of anilines is 1. The Morgan fingerprint density at radius 3 is 2.56 bits per heavy atom. The van der Waals surface area contributed by atoms with E-state index in [-0.39, 0.29) is 0 Å². The molecule has 0 amide bonds. The second-order valence-electron chi connectivity index (χ2n) is 8.74. The average molecular weight is 434 g/mol. The van der Waals surface area contributed by atoms with Crippen LogP contribution in [0, 0.1) is 6.92 Å². The van der Waals surface area contributed by atoms with Gasteiger partial charge in [-0.25, -0.2) is 15.0 Å². The zero-order valence-corrected chi connectivity index (χ0v) is 19.0. The van der Waals surface area contributed by atoms with Crippen LogP contribution in [0.25, 0.3) is 22.6 Å². The van der Waals surface area contributed by atoms with E-state index in [4.69, 9.17) is 19.7 Å². The fourth-order valence-corrected chi connectivity index (χ4v) is 4.78. The van der Waals surface area contributed by atoms with Crippen LogP contribution in [0.1, 0.15) is 30.3 Å². The number of hydrogen-bond donors (Lipinski definition) is 0. The van der Waals surface area contributed by atoms with Crippen LogP contribution in [0.4, 0.5) is 5.82 Å². The topological polar surface area (TPSA) is 71.7 Å². The summed E-state index contributed by atoms with van der Waals surface area (Å²) in [4.78, 5) is 23.9. The summed E-state index contributed by atoms with van der Waals surface area (Å²) in [5.41, 5.74) is 4.03. The van der Waals surface area contributed by atoms with Gasteiger partial charge in [-0.15, -0.1) is 0 Å². The van der Waals surface area contributed by atoms with E-state index in [2.05, 4.69) is 51.3 Å². The predicted molar refractivity (Wildman–Crippen MR) is 128 cm³/mol. The number of hydrogen-bond acceptors (Lipinski definition) is 7. The quantitative estimate of drug-likeness (QED) is 0.576. The van der Waals surface area contributed by atoms with Gasteiger partial charge < -0.3 is 19.1 Å². The van der Waals surface area contributed by atoms with E-state index in [1.165, 1.54) is 0 Å². The summed E-state index contributed by atoms with van der Waals surface area (Å²) in [6, 6.07) is 8.64. The molecule has 168 valence electrons. The van der Waals surface area contributed by atoms with E-state index in [1.54, 1.807) is 0 Å². The summed E-state index contributed by atoms with van der Waals surface area (Å²) in [5, 5.41) is 0. The zero-order valence-electron chi connectivity index (χ0n) is 19.0. The number of rotatable bonds is 5. The van der Waals surface area contributed by atoms with Crippen molar-refractivity contribution in [2.45, 2.75) is 32.4 Å². The minimum Gasteiger partial charge on any atom is -0.381 e. The number of piperazine rings is 1. The van der Waals surface area contributed by atoms with Gasteiger partial charge in [0.25, 0.3) is 0 Å². The molecule has 1 aromatic carbocycles. The Labute approximate surface area is 189 Å². The fraction of sp³-hybridized carbons (Fsp3) is 0.500. The summed E-state index contributed by atoms with van der Waals surface area (Å²) in [6.45, 7) is 11.7. The second kappa shape index (κ2) is 8.96. The van der Waals surface area contributed by atoms with E-state index in [1.807, 2.05) is 13.0 Å². The predicted octanol–water partition coefficient (Wildman–Crippen LogP) is 3.11. The first-order chi connectivity index (χ1) is 15.7. The number of aliphatic imine (C=N–C) groups is 1. The summed E-state index contributed by atoms with van der Waals surface area (Å²) < 4.78 is 8.01. The number of aromatic nitrogens is 4. The van der Waals surface area contributed by atoms with Crippen molar-refractivity contribution in [1.82, 2.24) is 24.4 Å². The van der Waals surface area contributed by atoms with Gasteiger partial charge in [0.1, 0.15) is 11.6 Å². The molecule has 8 nitrogen and oxygen atoms in total. The Morgan fingerprint density at radius 1 is 1.06 bits per heavy atom. The molecule has 0 radical (unpaired) electrons. The number of likely N-dealkylation sites (N-methyl/N-ethyl adjacent to an activating group) is 1. The Balaban J connectivity index is 1.72. The lowest BCUT2D eigenvalue weighted by Gasteiger charge is -2.33. The molecule has 0 saturated carbocycles. The summed E-state index contributed by atoms with van der Waals surface area (Å²) in [5.74, 6) is 2.68. The molecule has 0 bridgehead atoms. The molecule has 2 aromatic heterocycles. The van der Waals surface area contributed by atoms with Crippen molar-refractivity contribution in [2.75, 3.05) is 51.3 Å². The molecular weight excluding hydrogens is 402 g/mol. The normalized spacial score (nSPS) is 18.4. The number of aryl methyl sites for hydroxylation is 1. The van der Waals surface area contributed by atoms with Crippen LogP contribution in [0.3, 0.4) is 0 Å². The number of nitrogens with zero attached hydrogens (tertiary/aromatic N) is 7.